The summed E-state index contributed by atoms with van der Waals surface area (Å²) < 4.78 is 10.5. The van der Waals surface area contributed by atoms with E-state index in [-0.39, 0.29) is 18.0 Å². The largest absolute Gasteiger partial charge is 0.497 e. The number of carbonyl (C=O) groups is 1. The Balaban J connectivity index is 2.69. The minimum Gasteiger partial charge on any atom is -0.497 e. The number of amides is 1. The van der Waals surface area contributed by atoms with Gasteiger partial charge in [0.25, 0.3) is 0 Å². The number of nitrogens with one attached hydrogen (secondary N) is 2. The molecule has 21 heavy (non-hydrogen) atoms. The molecule has 5 nitrogen and oxygen atoms in total. The summed E-state index contributed by atoms with van der Waals surface area (Å²) in [5, 5.41) is 6.16. The van der Waals surface area contributed by atoms with Gasteiger partial charge in [-0.15, -0.1) is 0 Å². The second-order valence-corrected chi connectivity index (χ2v) is 5.13. The molecule has 118 valence electrons. The van der Waals surface area contributed by atoms with Crippen molar-refractivity contribution in [2.75, 3.05) is 19.5 Å². The Kier molecular flexibility index (Phi) is 6.85. The second kappa shape index (κ2) is 8.39. The van der Waals surface area contributed by atoms with Crippen LogP contribution in [0.4, 0.5) is 5.69 Å². The van der Waals surface area contributed by atoms with Gasteiger partial charge in [0.2, 0.25) is 5.91 Å². The molecule has 0 saturated carbocycles. The van der Waals surface area contributed by atoms with Crippen molar-refractivity contribution in [3.05, 3.63) is 18.2 Å². The third kappa shape index (κ3) is 5.17. The highest BCUT2D eigenvalue weighted by molar-refractivity contribution is 5.85. The van der Waals surface area contributed by atoms with Crippen LogP contribution in [0.25, 0.3) is 0 Å². The molecular weight excluding hydrogens is 268 g/mol. The summed E-state index contributed by atoms with van der Waals surface area (Å²) in [6, 6.07) is 5.30. The predicted molar refractivity (Wildman–Crippen MR) is 85.1 cm³/mol. The first-order valence-electron chi connectivity index (χ1n) is 7.30. The molecule has 5 heteroatoms. The normalized spacial score (nSPS) is 13.2. The third-order valence-electron chi connectivity index (χ3n) is 3.28. The molecule has 1 rings (SSSR count). The maximum Gasteiger partial charge on any atom is 0.242 e. The van der Waals surface area contributed by atoms with Crippen LogP contribution in [-0.2, 0) is 4.79 Å². The topological polar surface area (TPSA) is 59.6 Å². The second-order valence-electron chi connectivity index (χ2n) is 5.13. The summed E-state index contributed by atoms with van der Waals surface area (Å²) in [5.74, 6) is 1.34. The Labute approximate surface area is 127 Å². The molecule has 2 atom stereocenters. The van der Waals surface area contributed by atoms with Crippen molar-refractivity contribution in [2.24, 2.45) is 0 Å². The minimum absolute atomic E-state index is 0.0196. The van der Waals surface area contributed by atoms with Crippen LogP contribution in [0.2, 0.25) is 0 Å². The number of hydrogen-bond donors (Lipinski definition) is 2. The third-order valence-corrected chi connectivity index (χ3v) is 3.28. The lowest BCUT2D eigenvalue weighted by Crippen LogP contribution is -2.42. The molecule has 1 aromatic rings. The molecule has 0 radical (unpaired) electrons. The Morgan fingerprint density at radius 2 is 1.95 bits per heavy atom. The van der Waals surface area contributed by atoms with Crippen LogP contribution in [0.5, 0.6) is 11.5 Å². The van der Waals surface area contributed by atoms with E-state index < -0.39 is 0 Å². The standard InChI is InChI=1S/C16H26N2O3/c1-6-7-11(2)17-16(19)12(3)18-14-9-8-13(20-4)10-15(14)21-5/h8-12,18H,6-7H2,1-5H3,(H,17,19). The fourth-order valence-corrected chi connectivity index (χ4v) is 2.09. The van der Waals surface area contributed by atoms with Gasteiger partial charge in [0.05, 0.1) is 19.9 Å². The molecule has 0 aliphatic carbocycles. The van der Waals surface area contributed by atoms with E-state index in [9.17, 15) is 4.79 Å². The minimum atomic E-state index is -0.341. The number of rotatable bonds is 8. The molecule has 0 aliphatic heterocycles. The van der Waals surface area contributed by atoms with Gasteiger partial charge in [-0.2, -0.15) is 0 Å². The highest BCUT2D eigenvalue weighted by Gasteiger charge is 2.16. The maximum absolute atomic E-state index is 12.1. The molecule has 2 N–H and O–H groups in total. The van der Waals surface area contributed by atoms with Crippen LogP contribution >= 0.6 is 0 Å². The van der Waals surface area contributed by atoms with Gasteiger partial charge in [0.1, 0.15) is 17.5 Å². The highest BCUT2D eigenvalue weighted by Crippen LogP contribution is 2.29. The summed E-state index contributed by atoms with van der Waals surface area (Å²) in [4.78, 5) is 12.1. The molecule has 0 aromatic heterocycles. The first-order chi connectivity index (χ1) is 10.0. The number of ether oxygens (including phenoxy) is 2. The fraction of sp³-hybridized carbons (Fsp3) is 0.562. The number of carbonyl (C=O) groups excluding carboxylic acids is 1. The van der Waals surface area contributed by atoms with Gasteiger partial charge in [-0.3, -0.25) is 4.79 Å². The SMILES string of the molecule is CCCC(C)NC(=O)C(C)Nc1ccc(OC)cc1OC. The van der Waals surface area contributed by atoms with Crippen LogP contribution in [0.3, 0.4) is 0 Å². The lowest BCUT2D eigenvalue weighted by Gasteiger charge is -2.20. The van der Waals surface area contributed by atoms with E-state index >= 15 is 0 Å². The van der Waals surface area contributed by atoms with Gasteiger partial charge in [-0.25, -0.2) is 0 Å². The van der Waals surface area contributed by atoms with E-state index in [2.05, 4.69) is 17.6 Å². The first-order valence-corrected chi connectivity index (χ1v) is 7.30. The van der Waals surface area contributed by atoms with Crippen LogP contribution in [0.15, 0.2) is 18.2 Å². The monoisotopic (exact) mass is 294 g/mol. The van der Waals surface area contributed by atoms with Gasteiger partial charge in [-0.1, -0.05) is 13.3 Å². The van der Waals surface area contributed by atoms with E-state index in [0.29, 0.717) is 11.5 Å². The average Bonchev–Trinajstić information content (AvgIpc) is 2.47. The Morgan fingerprint density at radius 3 is 2.52 bits per heavy atom. The van der Waals surface area contributed by atoms with Crippen molar-refractivity contribution >= 4 is 11.6 Å². The van der Waals surface area contributed by atoms with Crippen molar-refractivity contribution in [3.63, 3.8) is 0 Å². The van der Waals surface area contributed by atoms with Crippen LogP contribution in [-0.4, -0.2) is 32.2 Å². The summed E-state index contributed by atoms with van der Waals surface area (Å²) in [7, 11) is 3.20. The molecule has 0 fully saturated rings. The molecule has 0 spiro atoms. The van der Waals surface area contributed by atoms with Crippen molar-refractivity contribution in [3.8, 4) is 11.5 Å². The van der Waals surface area contributed by atoms with Crippen molar-refractivity contribution in [2.45, 2.75) is 45.7 Å². The number of benzene rings is 1. The molecule has 0 aliphatic rings. The molecule has 0 bridgehead atoms. The van der Waals surface area contributed by atoms with Gasteiger partial charge >= 0.3 is 0 Å². The Morgan fingerprint density at radius 1 is 1.24 bits per heavy atom. The van der Waals surface area contributed by atoms with Crippen molar-refractivity contribution < 1.29 is 14.3 Å². The molecule has 0 saturated heterocycles. The molecule has 2 unspecified atom stereocenters. The van der Waals surface area contributed by atoms with E-state index in [1.165, 1.54) is 0 Å². The summed E-state index contributed by atoms with van der Waals surface area (Å²) in [6.45, 7) is 5.95. The number of anilines is 1. The van der Waals surface area contributed by atoms with Crippen LogP contribution in [0.1, 0.15) is 33.6 Å². The lowest BCUT2D eigenvalue weighted by molar-refractivity contribution is -0.122. The van der Waals surface area contributed by atoms with Gasteiger partial charge in [0.15, 0.2) is 0 Å². The zero-order valence-corrected chi connectivity index (χ0v) is 13.5. The van der Waals surface area contributed by atoms with Gasteiger partial charge < -0.3 is 20.1 Å². The lowest BCUT2D eigenvalue weighted by atomic mass is 10.2. The zero-order chi connectivity index (χ0) is 15.8. The number of hydrogen-bond acceptors (Lipinski definition) is 4. The van der Waals surface area contributed by atoms with Crippen LogP contribution < -0.4 is 20.1 Å². The molecular formula is C16H26N2O3. The Bertz CT molecular complexity index is 463. The Hall–Kier alpha value is -1.91. The van der Waals surface area contributed by atoms with Crippen molar-refractivity contribution in [1.82, 2.24) is 5.32 Å². The maximum atomic E-state index is 12.1. The number of methoxy groups -OCH3 is 2. The molecule has 1 amide bonds. The van der Waals surface area contributed by atoms with E-state index in [4.69, 9.17) is 9.47 Å². The van der Waals surface area contributed by atoms with Gasteiger partial charge in [0, 0.05) is 12.1 Å². The van der Waals surface area contributed by atoms with Crippen molar-refractivity contribution in [1.29, 1.82) is 0 Å². The van der Waals surface area contributed by atoms with E-state index in [1.807, 2.05) is 26.0 Å². The first kappa shape index (κ1) is 17.1. The molecule has 0 heterocycles. The van der Waals surface area contributed by atoms with Crippen LogP contribution in [0, 0.1) is 0 Å². The summed E-state index contributed by atoms with van der Waals surface area (Å²) in [5.41, 5.74) is 0.768. The highest BCUT2D eigenvalue weighted by atomic mass is 16.5. The zero-order valence-electron chi connectivity index (χ0n) is 13.5. The predicted octanol–water partition coefficient (Wildman–Crippen LogP) is 2.81. The molecule has 1 aromatic carbocycles. The smallest absolute Gasteiger partial charge is 0.242 e. The van der Waals surface area contributed by atoms with E-state index in [1.54, 1.807) is 20.3 Å². The summed E-state index contributed by atoms with van der Waals surface area (Å²) >= 11 is 0. The fourth-order valence-electron chi connectivity index (χ4n) is 2.09. The van der Waals surface area contributed by atoms with E-state index in [0.717, 1.165) is 18.5 Å². The van der Waals surface area contributed by atoms with Gasteiger partial charge in [-0.05, 0) is 32.4 Å². The average molecular weight is 294 g/mol. The summed E-state index contributed by atoms with van der Waals surface area (Å²) in [6.07, 6.45) is 2.03. The quantitative estimate of drug-likeness (QED) is 0.774.